The minimum atomic E-state index is -2.01. The van der Waals surface area contributed by atoms with Crippen molar-refractivity contribution in [2.75, 3.05) is 20.1 Å². The molecular formula is C32H41N5O5. The van der Waals surface area contributed by atoms with Gasteiger partial charge in [-0.2, -0.15) is 0 Å². The zero-order valence-electron chi connectivity index (χ0n) is 25.0. The molecule has 42 heavy (non-hydrogen) atoms. The number of hydrogen-bond acceptors (Lipinski definition) is 6. The second kappa shape index (κ2) is 9.39. The third-order valence-electron chi connectivity index (χ3n) is 10.6. The topological polar surface area (TPSA) is 118 Å². The van der Waals surface area contributed by atoms with E-state index in [9.17, 15) is 19.5 Å². The number of nitrogens with zero attached hydrogens (tertiary/aromatic N) is 3. The Hall–Kier alpha value is -3.21. The second-order valence-electron chi connectivity index (χ2n) is 13.3. The van der Waals surface area contributed by atoms with Gasteiger partial charge in [0.1, 0.15) is 12.1 Å². The highest BCUT2D eigenvalue weighted by molar-refractivity contribution is 6.01. The van der Waals surface area contributed by atoms with Crippen LogP contribution in [-0.2, 0) is 25.5 Å². The number of aromatic nitrogens is 1. The van der Waals surface area contributed by atoms with Gasteiger partial charge < -0.3 is 20.3 Å². The van der Waals surface area contributed by atoms with Crippen molar-refractivity contribution in [3.05, 3.63) is 41.6 Å². The van der Waals surface area contributed by atoms with Gasteiger partial charge >= 0.3 is 0 Å². The minimum Gasteiger partial charge on any atom is -0.361 e. The van der Waals surface area contributed by atoms with Gasteiger partial charge in [-0.25, -0.2) is 0 Å². The number of hydrogen-bond donors (Lipinski definition) is 3. The molecule has 0 spiro atoms. The molecule has 0 saturated carbocycles. The quantitative estimate of drug-likeness (QED) is 0.504. The molecule has 5 aliphatic rings. The Labute approximate surface area is 246 Å². The number of likely N-dealkylation sites (N-methyl/N-ethyl adjacent to an activating group) is 1. The lowest BCUT2D eigenvalue weighted by atomic mass is 9.79. The maximum absolute atomic E-state index is 14.4. The third kappa shape index (κ3) is 3.58. The Morgan fingerprint density at radius 3 is 2.79 bits per heavy atom. The summed E-state index contributed by atoms with van der Waals surface area (Å²) < 4.78 is 6.45. The molecule has 0 radical (unpaired) electrons. The lowest BCUT2D eigenvalue weighted by Crippen LogP contribution is -2.72. The number of carbonyl (C=O) groups excluding carboxylic acids is 3. The third-order valence-corrected chi connectivity index (χ3v) is 10.6. The molecule has 7 atom stereocenters. The van der Waals surface area contributed by atoms with E-state index in [1.54, 1.807) is 4.90 Å². The molecule has 1 aromatic carbocycles. The summed E-state index contributed by atoms with van der Waals surface area (Å²) >= 11 is 0. The van der Waals surface area contributed by atoms with E-state index in [4.69, 9.17) is 4.74 Å². The highest BCUT2D eigenvalue weighted by Crippen LogP contribution is 2.49. The van der Waals surface area contributed by atoms with Gasteiger partial charge in [-0.05, 0) is 55.0 Å². The van der Waals surface area contributed by atoms with Gasteiger partial charge in [0.2, 0.25) is 17.5 Å². The molecule has 3 amide bonds. The van der Waals surface area contributed by atoms with Crippen molar-refractivity contribution < 1.29 is 24.2 Å². The number of carbonyl (C=O) groups is 3. The smallest absolute Gasteiger partial charge is 0.281 e. The fourth-order valence-corrected chi connectivity index (χ4v) is 8.11. The van der Waals surface area contributed by atoms with Gasteiger partial charge in [0.05, 0.1) is 5.92 Å². The second-order valence-corrected chi connectivity index (χ2v) is 13.3. The van der Waals surface area contributed by atoms with Gasteiger partial charge in [-0.15, -0.1) is 0 Å². The molecule has 0 bridgehead atoms. The summed E-state index contributed by atoms with van der Waals surface area (Å²) in [6.07, 6.45) is 6.87. The van der Waals surface area contributed by atoms with Crippen LogP contribution in [0.2, 0.25) is 0 Å². The number of amides is 3. The van der Waals surface area contributed by atoms with Gasteiger partial charge in [0.25, 0.3) is 11.8 Å². The SMILES string of the molecule is CCC(C)[C@H]1C(=O)N2CCC[C@H]2[C@]2(O)O[C@](NC(=O)C3C=C4c5cccc6[nH]cc(c56)C[C@H]4N(C)C3)(C(C)C)C(=O)N12. The van der Waals surface area contributed by atoms with Crippen LogP contribution in [0.4, 0.5) is 0 Å². The lowest BCUT2D eigenvalue weighted by Gasteiger charge is -2.50. The van der Waals surface area contributed by atoms with Crippen LogP contribution in [0, 0.1) is 17.8 Å². The molecule has 2 unspecified atom stereocenters. The normalized spacial score (nSPS) is 34.9. The van der Waals surface area contributed by atoms with Crippen LogP contribution >= 0.6 is 0 Å². The monoisotopic (exact) mass is 575 g/mol. The molecule has 10 nitrogen and oxygen atoms in total. The summed E-state index contributed by atoms with van der Waals surface area (Å²) in [5.41, 5.74) is 2.79. The zero-order valence-corrected chi connectivity index (χ0v) is 25.0. The molecule has 2 aromatic rings. The summed E-state index contributed by atoms with van der Waals surface area (Å²) in [6.45, 7) is 8.50. The summed E-state index contributed by atoms with van der Waals surface area (Å²) in [4.78, 5) is 50.8. The van der Waals surface area contributed by atoms with Crippen molar-refractivity contribution in [2.24, 2.45) is 17.8 Å². The van der Waals surface area contributed by atoms with E-state index in [0.717, 1.165) is 29.5 Å². The number of piperazine rings is 1. The zero-order chi connectivity index (χ0) is 29.7. The van der Waals surface area contributed by atoms with Crippen molar-refractivity contribution in [1.29, 1.82) is 0 Å². The number of aliphatic hydroxyl groups is 1. The average Bonchev–Trinajstić information content (AvgIpc) is 3.68. The molecule has 5 heterocycles. The molecule has 7 rings (SSSR count). The highest BCUT2D eigenvalue weighted by atomic mass is 16.7. The van der Waals surface area contributed by atoms with Crippen LogP contribution in [0.5, 0.6) is 0 Å². The molecule has 3 fully saturated rings. The fraction of sp³-hybridized carbons (Fsp3) is 0.594. The number of rotatable bonds is 5. The van der Waals surface area contributed by atoms with Crippen LogP contribution in [0.3, 0.4) is 0 Å². The van der Waals surface area contributed by atoms with Gasteiger partial charge in [-0.1, -0.05) is 52.3 Å². The van der Waals surface area contributed by atoms with E-state index >= 15 is 0 Å². The van der Waals surface area contributed by atoms with Crippen molar-refractivity contribution in [3.8, 4) is 0 Å². The number of aromatic amines is 1. The van der Waals surface area contributed by atoms with Crippen molar-refractivity contribution in [1.82, 2.24) is 25.0 Å². The Morgan fingerprint density at radius 1 is 1.26 bits per heavy atom. The van der Waals surface area contributed by atoms with E-state index in [1.807, 2.05) is 46.9 Å². The number of H-pyrrole nitrogens is 1. The molecule has 3 N–H and O–H groups in total. The van der Waals surface area contributed by atoms with Gasteiger partial charge in [-0.3, -0.25) is 28.9 Å². The molecular weight excluding hydrogens is 534 g/mol. The molecule has 3 saturated heterocycles. The predicted octanol–water partition coefficient (Wildman–Crippen LogP) is 2.43. The summed E-state index contributed by atoms with van der Waals surface area (Å²) in [5.74, 6) is -4.28. The van der Waals surface area contributed by atoms with E-state index in [1.165, 1.54) is 15.8 Å². The summed E-state index contributed by atoms with van der Waals surface area (Å²) in [5, 5.41) is 16.4. The first-order chi connectivity index (χ1) is 20.0. The Balaban J connectivity index is 1.25. The van der Waals surface area contributed by atoms with Crippen molar-refractivity contribution in [2.45, 2.75) is 83.1 Å². The standard InChI is InChI=1S/C32H41N5O5/c1-6-18(4)27-29(39)36-12-8-11-25(36)32(41)37(27)30(40)31(42-32,17(2)3)34-28(38)20-13-22-21-9-7-10-23-26(21)19(15-33-23)14-24(22)35(5)16-20/h7,9-10,13,15,17-18,20,24-25,27,33,41H,6,8,11-12,14,16H2,1-5H3,(H,34,38)/t18?,20?,24-,25+,27+,31-,32+/m1/s1. The van der Waals surface area contributed by atoms with Crippen molar-refractivity contribution >= 4 is 34.2 Å². The van der Waals surface area contributed by atoms with Crippen LogP contribution in [-0.4, -0.2) is 92.4 Å². The molecule has 1 aromatic heterocycles. The van der Waals surface area contributed by atoms with Gasteiger partial charge in [0.15, 0.2) is 0 Å². The first-order valence-electron chi connectivity index (χ1n) is 15.4. The minimum absolute atomic E-state index is 0.150. The summed E-state index contributed by atoms with van der Waals surface area (Å²) in [7, 11) is 2.03. The van der Waals surface area contributed by atoms with Crippen LogP contribution in [0.15, 0.2) is 30.5 Å². The van der Waals surface area contributed by atoms with E-state index in [-0.39, 0.29) is 23.8 Å². The van der Waals surface area contributed by atoms with E-state index in [2.05, 4.69) is 33.5 Å². The molecule has 10 heteroatoms. The van der Waals surface area contributed by atoms with Crippen molar-refractivity contribution in [3.63, 3.8) is 0 Å². The molecule has 4 aliphatic heterocycles. The average molecular weight is 576 g/mol. The first kappa shape index (κ1) is 27.6. The number of ether oxygens (including phenoxy) is 1. The number of nitrogens with one attached hydrogen (secondary N) is 2. The Morgan fingerprint density at radius 2 is 2.05 bits per heavy atom. The number of benzene rings is 1. The highest BCUT2D eigenvalue weighted by Gasteiger charge is 2.72. The fourth-order valence-electron chi connectivity index (χ4n) is 8.11. The molecule has 1 aliphatic carbocycles. The van der Waals surface area contributed by atoms with E-state index < -0.39 is 41.5 Å². The lowest BCUT2D eigenvalue weighted by molar-refractivity contribution is -0.324. The number of fused-ring (bicyclic) bond motifs is 5. The van der Waals surface area contributed by atoms with Crippen LogP contribution in [0.1, 0.15) is 58.1 Å². The maximum Gasteiger partial charge on any atom is 0.281 e. The maximum atomic E-state index is 14.4. The largest absolute Gasteiger partial charge is 0.361 e. The van der Waals surface area contributed by atoms with Gasteiger partial charge in [0, 0.05) is 42.1 Å². The summed E-state index contributed by atoms with van der Waals surface area (Å²) in [6, 6.07) is 4.82. The Kier molecular flexibility index (Phi) is 6.18. The van der Waals surface area contributed by atoms with E-state index in [0.29, 0.717) is 25.9 Å². The molecule has 224 valence electrons. The first-order valence-corrected chi connectivity index (χ1v) is 15.4. The van der Waals surface area contributed by atoms with Crippen LogP contribution in [0.25, 0.3) is 16.5 Å². The predicted molar refractivity (Wildman–Crippen MR) is 156 cm³/mol. The Bertz CT molecular complexity index is 1520. The van der Waals surface area contributed by atoms with Crippen LogP contribution < -0.4 is 5.32 Å².